The van der Waals surface area contributed by atoms with Crippen LogP contribution in [0.2, 0.25) is 5.02 Å². The molecule has 0 spiro atoms. The van der Waals surface area contributed by atoms with Crippen LogP contribution in [0, 0.1) is 0 Å². The summed E-state index contributed by atoms with van der Waals surface area (Å²) in [5, 5.41) is 0.529. The van der Waals surface area contributed by atoms with Crippen LogP contribution in [0.5, 0.6) is 0 Å². The van der Waals surface area contributed by atoms with Crippen LogP contribution in [0.15, 0.2) is 29.2 Å². The Morgan fingerprint density at radius 1 is 1.27 bits per heavy atom. The molecule has 0 aromatic heterocycles. The average Bonchev–Trinajstić information content (AvgIpc) is 2.18. The minimum absolute atomic E-state index is 0.250. The zero-order chi connectivity index (χ0) is 11.3. The molecule has 0 heterocycles. The van der Waals surface area contributed by atoms with E-state index in [0.717, 1.165) is 10.8 Å². The van der Waals surface area contributed by atoms with Crippen LogP contribution in [-0.4, -0.2) is 19.4 Å². The van der Waals surface area contributed by atoms with Crippen LogP contribution >= 0.6 is 34.2 Å². The first-order valence-corrected chi connectivity index (χ1v) is 7.76. The number of alkyl halides is 1. The predicted molar refractivity (Wildman–Crippen MR) is 70.1 cm³/mol. The van der Waals surface area contributed by atoms with Gasteiger partial charge in [-0.05, 0) is 30.7 Å². The molecule has 0 aliphatic heterocycles. The van der Waals surface area contributed by atoms with E-state index in [1.807, 2.05) is 0 Å². The zero-order valence-corrected chi connectivity index (χ0v) is 11.6. The number of benzene rings is 1. The van der Waals surface area contributed by atoms with Gasteiger partial charge < -0.3 is 0 Å². The summed E-state index contributed by atoms with van der Waals surface area (Å²) in [4.78, 5) is 0.250. The van der Waals surface area contributed by atoms with Gasteiger partial charge in [-0.1, -0.05) is 34.2 Å². The molecular weight excluding hydrogens is 349 g/mol. The highest BCUT2D eigenvalue weighted by atomic mass is 127. The molecule has 0 bridgehead atoms. The van der Waals surface area contributed by atoms with E-state index in [1.54, 1.807) is 12.1 Å². The standard InChI is InChI=1S/C9H11ClINO2S/c10-8-2-4-9(5-3-8)15(13,14)12-7-1-6-11/h2-5,12H,1,6-7H2. The maximum atomic E-state index is 11.7. The number of hydrogen-bond acceptors (Lipinski definition) is 2. The maximum absolute atomic E-state index is 11.7. The highest BCUT2D eigenvalue weighted by molar-refractivity contribution is 14.1. The van der Waals surface area contributed by atoms with E-state index in [1.165, 1.54) is 12.1 Å². The molecule has 1 N–H and O–H groups in total. The minimum Gasteiger partial charge on any atom is -0.211 e. The Hall–Kier alpha value is 0.150. The average molecular weight is 360 g/mol. The van der Waals surface area contributed by atoms with Crippen molar-refractivity contribution in [2.75, 3.05) is 11.0 Å². The first-order chi connectivity index (χ1) is 7.06. The molecule has 6 heteroatoms. The highest BCUT2D eigenvalue weighted by Gasteiger charge is 2.12. The molecule has 0 saturated heterocycles. The fraction of sp³-hybridized carbons (Fsp3) is 0.333. The van der Waals surface area contributed by atoms with Crippen LogP contribution in [0.3, 0.4) is 0 Å². The second kappa shape index (κ2) is 6.03. The van der Waals surface area contributed by atoms with Gasteiger partial charge in [-0.25, -0.2) is 13.1 Å². The summed E-state index contributed by atoms with van der Waals surface area (Å²) in [5.74, 6) is 0. The third-order valence-corrected chi connectivity index (χ3v) is 4.22. The van der Waals surface area contributed by atoms with E-state index in [-0.39, 0.29) is 4.90 Å². The van der Waals surface area contributed by atoms with Gasteiger partial charge in [0, 0.05) is 16.0 Å². The van der Waals surface area contributed by atoms with Crippen molar-refractivity contribution in [2.24, 2.45) is 0 Å². The molecule has 0 unspecified atom stereocenters. The van der Waals surface area contributed by atoms with E-state index >= 15 is 0 Å². The van der Waals surface area contributed by atoms with Crippen molar-refractivity contribution in [3.05, 3.63) is 29.3 Å². The third-order valence-electron chi connectivity index (χ3n) is 1.73. The van der Waals surface area contributed by atoms with Gasteiger partial charge in [0.2, 0.25) is 10.0 Å². The molecule has 0 amide bonds. The summed E-state index contributed by atoms with van der Waals surface area (Å²) < 4.78 is 26.8. The monoisotopic (exact) mass is 359 g/mol. The normalized spacial score (nSPS) is 11.6. The molecule has 0 atom stereocenters. The van der Waals surface area contributed by atoms with Crippen molar-refractivity contribution >= 4 is 44.2 Å². The first kappa shape index (κ1) is 13.2. The quantitative estimate of drug-likeness (QED) is 0.499. The summed E-state index contributed by atoms with van der Waals surface area (Å²) in [6.07, 6.45) is 0.827. The second-order valence-electron chi connectivity index (χ2n) is 2.89. The van der Waals surface area contributed by atoms with Crippen molar-refractivity contribution in [1.29, 1.82) is 0 Å². The Morgan fingerprint density at radius 3 is 2.40 bits per heavy atom. The molecule has 1 aromatic carbocycles. The fourth-order valence-corrected chi connectivity index (χ4v) is 2.55. The minimum atomic E-state index is -3.36. The van der Waals surface area contributed by atoms with E-state index in [2.05, 4.69) is 27.3 Å². The summed E-state index contributed by atoms with van der Waals surface area (Å²) in [7, 11) is -3.36. The number of rotatable bonds is 5. The summed E-state index contributed by atoms with van der Waals surface area (Å²) in [6.45, 7) is 0.466. The van der Waals surface area contributed by atoms with Gasteiger partial charge in [-0.2, -0.15) is 0 Å². The Morgan fingerprint density at radius 2 is 1.87 bits per heavy atom. The van der Waals surface area contributed by atoms with Gasteiger partial charge in [0.15, 0.2) is 0 Å². The summed E-state index contributed by atoms with van der Waals surface area (Å²) in [5.41, 5.74) is 0. The zero-order valence-electron chi connectivity index (χ0n) is 7.91. The number of hydrogen-bond donors (Lipinski definition) is 1. The molecule has 84 valence electrons. The number of halogens is 2. The molecule has 0 saturated carbocycles. The predicted octanol–water partition coefficient (Wildman–Crippen LogP) is 2.44. The van der Waals surface area contributed by atoms with Crippen molar-refractivity contribution in [2.45, 2.75) is 11.3 Å². The summed E-state index contributed by atoms with van der Waals surface area (Å²) in [6, 6.07) is 6.12. The lowest BCUT2D eigenvalue weighted by Crippen LogP contribution is -2.24. The number of sulfonamides is 1. The first-order valence-electron chi connectivity index (χ1n) is 4.37. The highest BCUT2D eigenvalue weighted by Crippen LogP contribution is 2.13. The van der Waals surface area contributed by atoms with Gasteiger partial charge in [0.25, 0.3) is 0 Å². The van der Waals surface area contributed by atoms with Crippen molar-refractivity contribution in [3.8, 4) is 0 Å². The SMILES string of the molecule is O=S(=O)(NCCCI)c1ccc(Cl)cc1. The van der Waals surface area contributed by atoms with Gasteiger partial charge in [0.05, 0.1) is 4.90 Å². The molecule has 0 radical (unpaired) electrons. The lowest BCUT2D eigenvalue weighted by Gasteiger charge is -2.05. The maximum Gasteiger partial charge on any atom is 0.240 e. The van der Waals surface area contributed by atoms with Gasteiger partial charge in [-0.15, -0.1) is 0 Å². The molecule has 1 aromatic rings. The van der Waals surface area contributed by atoms with Crippen LogP contribution in [0.25, 0.3) is 0 Å². The van der Waals surface area contributed by atoms with Crippen LogP contribution in [0.4, 0.5) is 0 Å². The van der Waals surface area contributed by atoms with Crippen LogP contribution < -0.4 is 4.72 Å². The van der Waals surface area contributed by atoms with E-state index in [4.69, 9.17) is 11.6 Å². The third kappa shape index (κ3) is 4.26. The van der Waals surface area contributed by atoms with E-state index in [0.29, 0.717) is 11.6 Å². The summed E-state index contributed by atoms with van der Waals surface area (Å²) >= 11 is 7.88. The number of nitrogens with one attached hydrogen (secondary N) is 1. The van der Waals surface area contributed by atoms with Crippen LogP contribution in [-0.2, 0) is 10.0 Å². The van der Waals surface area contributed by atoms with Crippen molar-refractivity contribution in [1.82, 2.24) is 4.72 Å². The Kier molecular flexibility index (Phi) is 5.31. The molecule has 0 fully saturated rings. The molecule has 0 aliphatic rings. The van der Waals surface area contributed by atoms with Gasteiger partial charge in [-0.3, -0.25) is 0 Å². The van der Waals surface area contributed by atoms with Gasteiger partial charge in [0.1, 0.15) is 0 Å². The molecule has 0 aliphatic carbocycles. The lowest BCUT2D eigenvalue weighted by atomic mass is 10.4. The topological polar surface area (TPSA) is 46.2 Å². The fourth-order valence-electron chi connectivity index (χ4n) is 0.970. The molecule has 15 heavy (non-hydrogen) atoms. The Balaban J connectivity index is 2.73. The van der Waals surface area contributed by atoms with Crippen LogP contribution in [0.1, 0.15) is 6.42 Å². The van der Waals surface area contributed by atoms with Crippen molar-refractivity contribution in [3.63, 3.8) is 0 Å². The Bertz CT molecular complexity index is 405. The smallest absolute Gasteiger partial charge is 0.211 e. The molecule has 3 nitrogen and oxygen atoms in total. The van der Waals surface area contributed by atoms with E-state index in [9.17, 15) is 8.42 Å². The van der Waals surface area contributed by atoms with Crippen molar-refractivity contribution < 1.29 is 8.42 Å². The molecule has 1 rings (SSSR count). The molecular formula is C9H11ClINO2S. The Labute approximate surface area is 108 Å². The largest absolute Gasteiger partial charge is 0.240 e. The van der Waals surface area contributed by atoms with E-state index < -0.39 is 10.0 Å². The van der Waals surface area contributed by atoms with Gasteiger partial charge >= 0.3 is 0 Å². The second-order valence-corrected chi connectivity index (χ2v) is 6.18. The lowest BCUT2D eigenvalue weighted by molar-refractivity contribution is 0.581.